The number of nitrogens with one attached hydrogen (secondary N) is 1. The van der Waals surface area contributed by atoms with Crippen LogP contribution in [0.25, 0.3) is 5.69 Å². The summed E-state index contributed by atoms with van der Waals surface area (Å²) in [5.74, 6) is -0.376. The van der Waals surface area contributed by atoms with E-state index >= 15 is 0 Å². The second kappa shape index (κ2) is 9.12. The number of hydrogen-bond donors (Lipinski definition) is 1. The fraction of sp³-hybridized carbons (Fsp3) is 0.333. The maximum atomic E-state index is 13.2. The monoisotopic (exact) mass is 420 g/mol. The van der Waals surface area contributed by atoms with Gasteiger partial charge in [-0.3, -0.25) is 14.2 Å². The molecule has 0 fully saturated rings. The number of rotatable bonds is 6. The highest BCUT2D eigenvalue weighted by molar-refractivity contribution is 5.91. The fourth-order valence-electron chi connectivity index (χ4n) is 3.20. The van der Waals surface area contributed by atoms with Gasteiger partial charge in [0.1, 0.15) is 0 Å². The first-order valence-corrected chi connectivity index (χ1v) is 10.3. The minimum Gasteiger partial charge on any atom is -0.350 e. The molecule has 0 aliphatic heterocycles. The summed E-state index contributed by atoms with van der Waals surface area (Å²) in [5, 5.41) is 6.90. The lowest BCUT2D eigenvalue weighted by Crippen LogP contribution is -2.46. The average Bonchev–Trinajstić information content (AvgIpc) is 2.71. The van der Waals surface area contributed by atoms with Crippen LogP contribution in [-0.4, -0.2) is 26.8 Å². The highest BCUT2D eigenvalue weighted by atomic mass is 16.2. The molecule has 3 aromatic rings. The quantitative estimate of drug-likeness (QED) is 0.664. The molecule has 0 bridgehead atoms. The lowest BCUT2D eigenvalue weighted by Gasteiger charge is -2.14. The SMILES string of the molecule is Cc1cccc(Cn2c(=O)c(C(=O)NCC(C)C)nn(-c3ccc(C)c(C)c3)c2=O)c1. The van der Waals surface area contributed by atoms with Crippen molar-refractivity contribution >= 4 is 5.91 Å². The Balaban J connectivity index is 2.19. The Labute approximate surface area is 181 Å². The van der Waals surface area contributed by atoms with Crippen molar-refractivity contribution < 1.29 is 4.79 Å². The minimum atomic E-state index is -0.701. The summed E-state index contributed by atoms with van der Waals surface area (Å²) in [6.07, 6.45) is 0. The number of aromatic nitrogens is 3. The average molecular weight is 421 g/mol. The van der Waals surface area contributed by atoms with Crippen LogP contribution in [0.15, 0.2) is 52.1 Å². The largest absolute Gasteiger partial charge is 0.352 e. The number of carbonyl (C=O) groups is 1. The number of carbonyl (C=O) groups excluding carboxylic acids is 1. The molecule has 0 atom stereocenters. The summed E-state index contributed by atoms with van der Waals surface area (Å²) in [4.78, 5) is 39.1. The highest BCUT2D eigenvalue weighted by Gasteiger charge is 2.20. The maximum absolute atomic E-state index is 13.2. The van der Waals surface area contributed by atoms with E-state index in [4.69, 9.17) is 0 Å². The van der Waals surface area contributed by atoms with Crippen molar-refractivity contribution in [2.45, 2.75) is 41.2 Å². The summed E-state index contributed by atoms with van der Waals surface area (Å²) < 4.78 is 2.20. The number of hydrogen-bond acceptors (Lipinski definition) is 4. The summed E-state index contributed by atoms with van der Waals surface area (Å²) >= 11 is 0. The van der Waals surface area contributed by atoms with E-state index in [1.54, 1.807) is 6.07 Å². The van der Waals surface area contributed by atoms with E-state index in [0.29, 0.717) is 12.2 Å². The molecule has 1 amide bonds. The van der Waals surface area contributed by atoms with Crippen molar-refractivity contribution in [3.8, 4) is 5.69 Å². The van der Waals surface area contributed by atoms with Crippen LogP contribution in [0.4, 0.5) is 0 Å². The molecule has 1 N–H and O–H groups in total. The summed E-state index contributed by atoms with van der Waals surface area (Å²) in [6.45, 7) is 10.2. The fourth-order valence-corrected chi connectivity index (χ4v) is 3.20. The van der Waals surface area contributed by atoms with Crippen LogP contribution in [0.3, 0.4) is 0 Å². The highest BCUT2D eigenvalue weighted by Crippen LogP contribution is 2.12. The van der Waals surface area contributed by atoms with Gasteiger partial charge in [-0.25, -0.2) is 4.79 Å². The molecule has 3 rings (SSSR count). The Bertz CT molecular complexity index is 1240. The van der Waals surface area contributed by atoms with Crippen LogP contribution in [0.1, 0.15) is 46.6 Å². The first-order valence-electron chi connectivity index (χ1n) is 10.3. The van der Waals surface area contributed by atoms with Crippen LogP contribution >= 0.6 is 0 Å². The predicted octanol–water partition coefficient (Wildman–Crippen LogP) is 2.75. The minimum absolute atomic E-state index is 0.0527. The molecular weight excluding hydrogens is 392 g/mol. The molecule has 7 heteroatoms. The van der Waals surface area contributed by atoms with E-state index in [0.717, 1.165) is 31.5 Å². The molecule has 162 valence electrons. The molecule has 0 radical (unpaired) electrons. The van der Waals surface area contributed by atoms with Gasteiger partial charge in [-0.15, -0.1) is 0 Å². The van der Waals surface area contributed by atoms with E-state index in [1.165, 1.54) is 0 Å². The third kappa shape index (κ3) is 4.99. The Kier molecular flexibility index (Phi) is 6.53. The number of nitrogens with zero attached hydrogens (tertiary/aromatic N) is 3. The summed E-state index contributed by atoms with van der Waals surface area (Å²) in [6, 6.07) is 13.0. The van der Waals surface area contributed by atoms with E-state index in [9.17, 15) is 14.4 Å². The summed E-state index contributed by atoms with van der Waals surface area (Å²) in [5.41, 5.74) is 2.78. The summed E-state index contributed by atoms with van der Waals surface area (Å²) in [7, 11) is 0. The van der Waals surface area contributed by atoms with Crippen LogP contribution in [-0.2, 0) is 6.54 Å². The number of aryl methyl sites for hydroxylation is 3. The zero-order chi connectivity index (χ0) is 22.7. The lowest BCUT2D eigenvalue weighted by atomic mass is 10.1. The smallest absolute Gasteiger partial charge is 0.350 e. The third-order valence-electron chi connectivity index (χ3n) is 5.10. The molecule has 31 heavy (non-hydrogen) atoms. The van der Waals surface area contributed by atoms with Gasteiger partial charge >= 0.3 is 5.69 Å². The van der Waals surface area contributed by atoms with E-state index in [-0.39, 0.29) is 18.2 Å². The second-order valence-electron chi connectivity index (χ2n) is 8.30. The first-order chi connectivity index (χ1) is 14.7. The molecule has 7 nitrogen and oxygen atoms in total. The van der Waals surface area contributed by atoms with Crippen LogP contribution in [0.2, 0.25) is 0 Å². The Morgan fingerprint density at radius 3 is 2.42 bits per heavy atom. The van der Waals surface area contributed by atoms with Crippen molar-refractivity contribution in [1.82, 2.24) is 19.7 Å². The molecule has 0 unspecified atom stereocenters. The van der Waals surface area contributed by atoms with Crippen molar-refractivity contribution in [3.63, 3.8) is 0 Å². The Morgan fingerprint density at radius 1 is 1.03 bits per heavy atom. The molecule has 0 saturated carbocycles. The van der Waals surface area contributed by atoms with Crippen LogP contribution in [0, 0.1) is 26.7 Å². The van der Waals surface area contributed by atoms with Crippen molar-refractivity contribution in [3.05, 3.63) is 91.3 Å². The molecule has 0 spiro atoms. The third-order valence-corrected chi connectivity index (χ3v) is 5.10. The van der Waals surface area contributed by atoms with Crippen molar-refractivity contribution in [2.24, 2.45) is 5.92 Å². The van der Waals surface area contributed by atoms with Gasteiger partial charge in [0.15, 0.2) is 0 Å². The molecule has 1 aromatic heterocycles. The first kappa shape index (κ1) is 22.2. The molecule has 0 saturated heterocycles. The standard InChI is InChI=1S/C24H28N4O3/c1-15(2)13-25-22(29)21-23(30)27(14-19-8-6-7-16(3)11-19)24(31)28(26-21)20-10-9-17(4)18(5)12-20/h6-12,15H,13-14H2,1-5H3,(H,25,29). The number of benzene rings is 2. The van der Waals surface area contributed by atoms with Gasteiger partial charge in [0.05, 0.1) is 12.2 Å². The van der Waals surface area contributed by atoms with Gasteiger partial charge in [-0.05, 0) is 55.5 Å². The van der Waals surface area contributed by atoms with E-state index < -0.39 is 17.2 Å². The van der Waals surface area contributed by atoms with Gasteiger partial charge in [-0.1, -0.05) is 49.7 Å². The molecule has 2 aromatic carbocycles. The van der Waals surface area contributed by atoms with E-state index in [2.05, 4.69) is 10.4 Å². The van der Waals surface area contributed by atoms with Crippen LogP contribution < -0.4 is 16.6 Å². The van der Waals surface area contributed by atoms with Gasteiger partial charge in [0.25, 0.3) is 11.5 Å². The van der Waals surface area contributed by atoms with Gasteiger partial charge in [0, 0.05) is 6.54 Å². The molecule has 1 heterocycles. The molecule has 0 aliphatic carbocycles. The normalized spacial score (nSPS) is 11.0. The van der Waals surface area contributed by atoms with Crippen molar-refractivity contribution in [2.75, 3.05) is 6.54 Å². The molecular formula is C24H28N4O3. The van der Waals surface area contributed by atoms with Gasteiger partial charge in [0.2, 0.25) is 5.69 Å². The number of amides is 1. The Hall–Kier alpha value is -3.48. The molecule has 0 aliphatic rings. The Morgan fingerprint density at radius 2 is 1.77 bits per heavy atom. The van der Waals surface area contributed by atoms with E-state index in [1.807, 2.05) is 71.0 Å². The predicted molar refractivity (Wildman–Crippen MR) is 121 cm³/mol. The van der Waals surface area contributed by atoms with Gasteiger partial charge in [-0.2, -0.15) is 9.78 Å². The zero-order valence-electron chi connectivity index (χ0n) is 18.6. The lowest BCUT2D eigenvalue weighted by molar-refractivity contribution is 0.0939. The van der Waals surface area contributed by atoms with Crippen LogP contribution in [0.5, 0.6) is 0 Å². The zero-order valence-corrected chi connectivity index (χ0v) is 18.6. The topological polar surface area (TPSA) is 86.0 Å². The second-order valence-corrected chi connectivity index (χ2v) is 8.30. The van der Waals surface area contributed by atoms with Crippen molar-refractivity contribution in [1.29, 1.82) is 0 Å². The van der Waals surface area contributed by atoms with Gasteiger partial charge < -0.3 is 5.32 Å². The maximum Gasteiger partial charge on any atom is 0.352 e.